The van der Waals surface area contributed by atoms with Gasteiger partial charge < -0.3 is 4.74 Å². The zero-order valence-electron chi connectivity index (χ0n) is 11.2. The fourth-order valence-electron chi connectivity index (χ4n) is 2.92. The van der Waals surface area contributed by atoms with Crippen LogP contribution in [0, 0.1) is 11.8 Å². The molecule has 94 valence electrons. The van der Waals surface area contributed by atoms with Crippen LogP contribution in [0.15, 0.2) is 0 Å². The summed E-state index contributed by atoms with van der Waals surface area (Å²) in [5.41, 5.74) is -0.463. The number of hydrogen-bond acceptors (Lipinski definition) is 3. The van der Waals surface area contributed by atoms with Crippen LogP contribution in [0.4, 0.5) is 0 Å². The summed E-state index contributed by atoms with van der Waals surface area (Å²) in [5.74, 6) is 0.952. The van der Waals surface area contributed by atoms with Crippen molar-refractivity contribution in [2.24, 2.45) is 11.8 Å². The van der Waals surface area contributed by atoms with Crippen molar-refractivity contribution < 1.29 is 9.53 Å². The first-order valence-corrected chi connectivity index (χ1v) is 6.28. The number of esters is 1. The second kappa shape index (κ2) is 5.17. The molecule has 3 heteroatoms. The quantitative estimate of drug-likeness (QED) is 0.752. The van der Waals surface area contributed by atoms with E-state index in [1.54, 1.807) is 0 Å². The van der Waals surface area contributed by atoms with Gasteiger partial charge in [-0.2, -0.15) is 0 Å². The number of hydrogen-bond donors (Lipinski definition) is 1. The maximum absolute atomic E-state index is 12.1. The van der Waals surface area contributed by atoms with E-state index < -0.39 is 5.54 Å². The minimum atomic E-state index is -0.463. The summed E-state index contributed by atoms with van der Waals surface area (Å²) < 4.78 is 5.00. The number of nitrogens with one attached hydrogen (secondary N) is 1. The molecule has 1 fully saturated rings. The largest absolute Gasteiger partial charge is 0.468 e. The molecule has 3 nitrogen and oxygen atoms in total. The van der Waals surface area contributed by atoms with E-state index in [9.17, 15) is 4.79 Å². The first kappa shape index (κ1) is 13.5. The topological polar surface area (TPSA) is 38.3 Å². The number of carbonyl (C=O) groups is 1. The highest BCUT2D eigenvalue weighted by molar-refractivity contribution is 5.81. The highest BCUT2D eigenvalue weighted by Crippen LogP contribution is 2.37. The molecule has 16 heavy (non-hydrogen) atoms. The van der Waals surface area contributed by atoms with Gasteiger partial charge in [0.05, 0.1) is 7.11 Å². The Bertz CT molecular complexity index is 252. The minimum Gasteiger partial charge on any atom is -0.468 e. The molecule has 1 rings (SSSR count). The van der Waals surface area contributed by atoms with E-state index in [-0.39, 0.29) is 5.97 Å². The summed E-state index contributed by atoms with van der Waals surface area (Å²) in [6.07, 6.45) is 3.08. The Hall–Kier alpha value is -0.570. The van der Waals surface area contributed by atoms with E-state index in [2.05, 4.69) is 33.0 Å². The number of methoxy groups -OCH3 is 1. The molecule has 0 saturated heterocycles. The van der Waals surface area contributed by atoms with Gasteiger partial charge in [0.2, 0.25) is 0 Å². The van der Waals surface area contributed by atoms with Gasteiger partial charge in [-0.05, 0) is 44.9 Å². The van der Waals surface area contributed by atoms with E-state index in [1.807, 2.05) is 0 Å². The Morgan fingerprint density at radius 1 is 1.44 bits per heavy atom. The van der Waals surface area contributed by atoms with Gasteiger partial charge in [-0.1, -0.05) is 13.8 Å². The average molecular weight is 227 g/mol. The molecule has 0 heterocycles. The van der Waals surface area contributed by atoms with Crippen molar-refractivity contribution in [1.82, 2.24) is 5.32 Å². The molecule has 3 atom stereocenters. The highest BCUT2D eigenvalue weighted by Gasteiger charge is 2.47. The molecule has 1 saturated carbocycles. The predicted molar refractivity (Wildman–Crippen MR) is 65.2 cm³/mol. The second-order valence-electron chi connectivity index (χ2n) is 5.54. The molecule has 1 aliphatic rings. The van der Waals surface area contributed by atoms with Gasteiger partial charge in [0.1, 0.15) is 5.54 Å². The molecule has 0 aliphatic heterocycles. The fourth-order valence-corrected chi connectivity index (χ4v) is 2.92. The Balaban J connectivity index is 2.90. The van der Waals surface area contributed by atoms with Gasteiger partial charge >= 0.3 is 5.97 Å². The predicted octanol–water partition coefficient (Wildman–Crippen LogP) is 2.35. The zero-order valence-corrected chi connectivity index (χ0v) is 11.2. The lowest BCUT2D eigenvalue weighted by atomic mass is 9.69. The number of rotatable bonds is 3. The first-order chi connectivity index (χ1) is 7.42. The molecule has 0 amide bonds. The van der Waals surface area contributed by atoms with Crippen LogP contribution in [0.2, 0.25) is 0 Å². The third kappa shape index (κ3) is 2.57. The second-order valence-corrected chi connectivity index (χ2v) is 5.54. The summed E-state index contributed by atoms with van der Waals surface area (Å²) in [4.78, 5) is 12.1. The van der Waals surface area contributed by atoms with Crippen LogP contribution >= 0.6 is 0 Å². The smallest absolute Gasteiger partial charge is 0.326 e. The maximum atomic E-state index is 12.1. The van der Waals surface area contributed by atoms with Crippen molar-refractivity contribution >= 4 is 5.97 Å². The Labute approximate surface area is 98.9 Å². The summed E-state index contributed by atoms with van der Waals surface area (Å²) in [5, 5.41) is 3.44. The van der Waals surface area contributed by atoms with Crippen LogP contribution in [-0.4, -0.2) is 24.7 Å². The van der Waals surface area contributed by atoms with E-state index >= 15 is 0 Å². The molecular formula is C13H25NO2. The van der Waals surface area contributed by atoms with Gasteiger partial charge in [0, 0.05) is 6.04 Å². The molecule has 1 N–H and O–H groups in total. The SMILES string of the molecule is COC(=O)C1(NC(C)C)CCC(C)CC1C. The minimum absolute atomic E-state index is 0.0967. The number of ether oxygens (including phenoxy) is 1. The Kier molecular flexibility index (Phi) is 4.36. The zero-order chi connectivity index (χ0) is 12.3. The molecule has 0 radical (unpaired) electrons. The van der Waals surface area contributed by atoms with Crippen molar-refractivity contribution in [3.8, 4) is 0 Å². The summed E-state index contributed by atoms with van der Waals surface area (Å²) in [6.45, 7) is 8.57. The van der Waals surface area contributed by atoms with Gasteiger partial charge in [0.25, 0.3) is 0 Å². The van der Waals surface area contributed by atoms with Crippen molar-refractivity contribution in [2.45, 2.75) is 58.5 Å². The molecule has 0 aromatic carbocycles. The molecule has 1 aliphatic carbocycles. The van der Waals surface area contributed by atoms with Crippen molar-refractivity contribution in [3.63, 3.8) is 0 Å². The monoisotopic (exact) mass is 227 g/mol. The number of carbonyl (C=O) groups excluding carboxylic acids is 1. The van der Waals surface area contributed by atoms with E-state index in [4.69, 9.17) is 4.74 Å². The van der Waals surface area contributed by atoms with E-state index in [1.165, 1.54) is 7.11 Å². The highest BCUT2D eigenvalue weighted by atomic mass is 16.5. The van der Waals surface area contributed by atoms with Crippen LogP contribution in [0.1, 0.15) is 47.0 Å². The van der Waals surface area contributed by atoms with Gasteiger partial charge in [-0.3, -0.25) is 10.1 Å². The third-order valence-electron chi connectivity index (χ3n) is 3.72. The lowest BCUT2D eigenvalue weighted by Crippen LogP contribution is -2.61. The first-order valence-electron chi connectivity index (χ1n) is 6.28. The Morgan fingerprint density at radius 2 is 2.06 bits per heavy atom. The van der Waals surface area contributed by atoms with Crippen LogP contribution in [0.25, 0.3) is 0 Å². The Morgan fingerprint density at radius 3 is 2.50 bits per heavy atom. The van der Waals surface area contributed by atoms with Crippen LogP contribution in [0.3, 0.4) is 0 Å². The fraction of sp³-hybridized carbons (Fsp3) is 0.923. The lowest BCUT2D eigenvalue weighted by Gasteiger charge is -2.44. The van der Waals surface area contributed by atoms with Crippen molar-refractivity contribution in [2.75, 3.05) is 7.11 Å². The van der Waals surface area contributed by atoms with Crippen LogP contribution in [0.5, 0.6) is 0 Å². The average Bonchev–Trinajstić information content (AvgIpc) is 2.21. The third-order valence-corrected chi connectivity index (χ3v) is 3.72. The standard InChI is InChI=1S/C13H25NO2/c1-9(2)14-13(12(15)16-5)7-6-10(3)8-11(13)4/h9-11,14H,6-8H2,1-5H3. The molecule has 0 aromatic rings. The molecule has 0 spiro atoms. The van der Waals surface area contributed by atoms with Gasteiger partial charge in [-0.15, -0.1) is 0 Å². The van der Waals surface area contributed by atoms with Gasteiger partial charge in [0.15, 0.2) is 0 Å². The van der Waals surface area contributed by atoms with Crippen LogP contribution < -0.4 is 5.32 Å². The molecule has 0 bridgehead atoms. The van der Waals surface area contributed by atoms with Gasteiger partial charge in [-0.25, -0.2) is 0 Å². The van der Waals surface area contributed by atoms with E-state index in [0.717, 1.165) is 19.3 Å². The van der Waals surface area contributed by atoms with Crippen molar-refractivity contribution in [3.05, 3.63) is 0 Å². The molecule has 3 unspecified atom stereocenters. The summed E-state index contributed by atoms with van der Waals surface area (Å²) in [7, 11) is 1.48. The van der Waals surface area contributed by atoms with Crippen LogP contribution in [-0.2, 0) is 9.53 Å². The maximum Gasteiger partial charge on any atom is 0.326 e. The summed E-state index contributed by atoms with van der Waals surface area (Å²) >= 11 is 0. The summed E-state index contributed by atoms with van der Waals surface area (Å²) in [6, 6.07) is 0.301. The lowest BCUT2D eigenvalue weighted by molar-refractivity contribution is -0.153. The van der Waals surface area contributed by atoms with Crippen molar-refractivity contribution in [1.29, 1.82) is 0 Å². The van der Waals surface area contributed by atoms with E-state index in [0.29, 0.717) is 17.9 Å². The molecular weight excluding hydrogens is 202 g/mol. The normalized spacial score (nSPS) is 35.1. The molecule has 0 aromatic heterocycles.